The quantitative estimate of drug-likeness (QED) is 0.822. The zero-order valence-corrected chi connectivity index (χ0v) is 11.4. The molecular weight excluding hydrogens is 244 g/mol. The molecular formula is C14H22N2O3. The molecule has 0 amide bonds. The molecule has 1 aliphatic rings. The monoisotopic (exact) mass is 266 g/mol. The first-order valence-electron chi connectivity index (χ1n) is 6.94. The van der Waals surface area contributed by atoms with E-state index in [4.69, 9.17) is 9.52 Å². The maximum atomic E-state index is 10.8. The molecule has 0 radical (unpaired) electrons. The summed E-state index contributed by atoms with van der Waals surface area (Å²) < 4.78 is 5.31. The second-order valence-electron chi connectivity index (χ2n) is 5.11. The molecule has 2 heterocycles. The Hall–Kier alpha value is -1.33. The molecule has 1 saturated heterocycles. The van der Waals surface area contributed by atoms with E-state index in [1.54, 1.807) is 6.07 Å². The van der Waals surface area contributed by atoms with Crippen LogP contribution in [0.3, 0.4) is 0 Å². The number of carboxylic acid groups (broad SMARTS) is 1. The Morgan fingerprint density at radius 1 is 1.58 bits per heavy atom. The Morgan fingerprint density at radius 3 is 3.00 bits per heavy atom. The predicted octanol–water partition coefficient (Wildman–Crippen LogP) is 1.80. The number of carboxylic acids is 1. The van der Waals surface area contributed by atoms with Crippen LogP contribution in [0.1, 0.15) is 36.1 Å². The van der Waals surface area contributed by atoms with Crippen LogP contribution in [0.25, 0.3) is 0 Å². The number of nitrogens with zero attached hydrogens (tertiary/aromatic N) is 1. The number of rotatable bonds is 6. The van der Waals surface area contributed by atoms with Crippen LogP contribution in [-0.2, 0) is 6.54 Å². The molecule has 0 saturated carbocycles. The zero-order chi connectivity index (χ0) is 13.7. The van der Waals surface area contributed by atoms with Crippen molar-refractivity contribution in [2.75, 3.05) is 26.2 Å². The standard InChI is InChI=1S/C14H22N2O3/c1-2-16(9-11-4-3-7-15-8-11)10-12-5-6-13(19-12)14(17)18/h5-6,11,15H,2-4,7-10H2,1H3,(H,17,18). The molecule has 0 aromatic carbocycles. The van der Waals surface area contributed by atoms with E-state index in [0.717, 1.165) is 31.9 Å². The summed E-state index contributed by atoms with van der Waals surface area (Å²) in [7, 11) is 0. The highest BCUT2D eigenvalue weighted by atomic mass is 16.4. The lowest BCUT2D eigenvalue weighted by Gasteiger charge is -2.28. The lowest BCUT2D eigenvalue weighted by atomic mass is 9.99. The minimum absolute atomic E-state index is 0.0189. The summed E-state index contributed by atoms with van der Waals surface area (Å²) in [5.41, 5.74) is 0. The first kappa shape index (κ1) is 14.1. The van der Waals surface area contributed by atoms with E-state index < -0.39 is 5.97 Å². The third-order valence-electron chi connectivity index (χ3n) is 3.61. The molecule has 2 N–H and O–H groups in total. The van der Waals surface area contributed by atoms with Gasteiger partial charge in [0.1, 0.15) is 5.76 Å². The molecule has 0 aliphatic carbocycles. The number of hydrogen-bond donors (Lipinski definition) is 2. The molecule has 0 bridgehead atoms. The van der Waals surface area contributed by atoms with Crippen molar-refractivity contribution in [2.45, 2.75) is 26.3 Å². The molecule has 1 atom stereocenters. The Morgan fingerprint density at radius 2 is 2.42 bits per heavy atom. The SMILES string of the molecule is CCN(Cc1ccc(C(=O)O)o1)CC1CCCNC1. The van der Waals surface area contributed by atoms with Gasteiger partial charge in [-0.3, -0.25) is 4.90 Å². The number of piperidine rings is 1. The van der Waals surface area contributed by atoms with Gasteiger partial charge in [0.2, 0.25) is 5.76 Å². The van der Waals surface area contributed by atoms with Crippen molar-refractivity contribution in [3.63, 3.8) is 0 Å². The number of carbonyl (C=O) groups is 1. The average Bonchev–Trinajstić information content (AvgIpc) is 2.88. The summed E-state index contributed by atoms with van der Waals surface area (Å²) in [6.45, 7) is 6.99. The van der Waals surface area contributed by atoms with Crippen molar-refractivity contribution in [1.82, 2.24) is 10.2 Å². The number of aromatic carboxylic acids is 1. The van der Waals surface area contributed by atoms with Crippen LogP contribution in [0.4, 0.5) is 0 Å². The van der Waals surface area contributed by atoms with Gasteiger partial charge < -0.3 is 14.8 Å². The molecule has 1 unspecified atom stereocenters. The molecule has 106 valence electrons. The molecule has 5 nitrogen and oxygen atoms in total. The van der Waals surface area contributed by atoms with Gasteiger partial charge in [-0.2, -0.15) is 0 Å². The summed E-state index contributed by atoms with van der Waals surface area (Å²) >= 11 is 0. The Balaban J connectivity index is 1.88. The number of hydrogen-bond acceptors (Lipinski definition) is 4. The largest absolute Gasteiger partial charge is 0.475 e. The normalized spacial score (nSPS) is 19.8. The summed E-state index contributed by atoms with van der Waals surface area (Å²) in [4.78, 5) is 13.1. The second-order valence-corrected chi connectivity index (χ2v) is 5.11. The van der Waals surface area contributed by atoms with Crippen LogP contribution < -0.4 is 5.32 Å². The van der Waals surface area contributed by atoms with Crippen molar-refractivity contribution in [1.29, 1.82) is 0 Å². The fourth-order valence-corrected chi connectivity index (χ4v) is 2.55. The zero-order valence-electron chi connectivity index (χ0n) is 11.4. The minimum atomic E-state index is -1.01. The van der Waals surface area contributed by atoms with Crippen molar-refractivity contribution < 1.29 is 14.3 Å². The Bertz CT molecular complexity index is 411. The fourth-order valence-electron chi connectivity index (χ4n) is 2.55. The van der Waals surface area contributed by atoms with Gasteiger partial charge >= 0.3 is 5.97 Å². The van der Waals surface area contributed by atoms with Crippen LogP contribution in [0, 0.1) is 5.92 Å². The van der Waals surface area contributed by atoms with Gasteiger partial charge in [-0.1, -0.05) is 6.92 Å². The van der Waals surface area contributed by atoms with Crippen molar-refractivity contribution in [2.24, 2.45) is 5.92 Å². The van der Waals surface area contributed by atoms with E-state index >= 15 is 0 Å². The van der Waals surface area contributed by atoms with Crippen molar-refractivity contribution >= 4 is 5.97 Å². The smallest absolute Gasteiger partial charge is 0.371 e. The minimum Gasteiger partial charge on any atom is -0.475 e. The summed E-state index contributed by atoms with van der Waals surface area (Å²) in [5, 5.41) is 12.3. The van der Waals surface area contributed by atoms with Crippen LogP contribution >= 0.6 is 0 Å². The van der Waals surface area contributed by atoms with E-state index in [0.29, 0.717) is 12.5 Å². The van der Waals surface area contributed by atoms with Crippen molar-refractivity contribution in [3.05, 3.63) is 23.7 Å². The van der Waals surface area contributed by atoms with Crippen molar-refractivity contribution in [3.8, 4) is 0 Å². The summed E-state index contributed by atoms with van der Waals surface area (Å²) in [5.74, 6) is 0.418. The number of nitrogens with one attached hydrogen (secondary N) is 1. The van der Waals surface area contributed by atoms with E-state index in [9.17, 15) is 4.79 Å². The highest BCUT2D eigenvalue weighted by Gasteiger charge is 2.17. The molecule has 5 heteroatoms. The second kappa shape index (κ2) is 6.73. The Kier molecular flexibility index (Phi) is 4.99. The van der Waals surface area contributed by atoms with E-state index in [2.05, 4.69) is 17.1 Å². The first-order chi connectivity index (χ1) is 9.19. The van der Waals surface area contributed by atoms with Crippen LogP contribution in [0.2, 0.25) is 0 Å². The number of furan rings is 1. The molecule has 1 fully saturated rings. The van der Waals surface area contributed by atoms with Gasteiger partial charge in [0.25, 0.3) is 0 Å². The van der Waals surface area contributed by atoms with Gasteiger partial charge in [0.05, 0.1) is 6.54 Å². The molecule has 0 spiro atoms. The maximum Gasteiger partial charge on any atom is 0.371 e. The van der Waals surface area contributed by atoms with E-state index in [-0.39, 0.29) is 5.76 Å². The molecule has 1 aromatic heterocycles. The Labute approximate surface area is 113 Å². The highest BCUT2D eigenvalue weighted by Crippen LogP contribution is 2.15. The van der Waals surface area contributed by atoms with Gasteiger partial charge in [-0.25, -0.2) is 4.79 Å². The van der Waals surface area contributed by atoms with Crippen LogP contribution in [0.15, 0.2) is 16.5 Å². The van der Waals surface area contributed by atoms with E-state index in [1.807, 2.05) is 0 Å². The maximum absolute atomic E-state index is 10.8. The van der Waals surface area contributed by atoms with Gasteiger partial charge in [-0.05, 0) is 50.5 Å². The topological polar surface area (TPSA) is 65.7 Å². The summed E-state index contributed by atoms with van der Waals surface area (Å²) in [6, 6.07) is 3.28. The molecule has 1 aliphatic heterocycles. The average molecular weight is 266 g/mol. The third-order valence-corrected chi connectivity index (χ3v) is 3.61. The molecule has 2 rings (SSSR count). The first-order valence-corrected chi connectivity index (χ1v) is 6.94. The molecule has 19 heavy (non-hydrogen) atoms. The van der Waals surface area contributed by atoms with E-state index in [1.165, 1.54) is 18.9 Å². The van der Waals surface area contributed by atoms with Gasteiger partial charge in [-0.15, -0.1) is 0 Å². The highest BCUT2D eigenvalue weighted by molar-refractivity contribution is 5.84. The van der Waals surface area contributed by atoms with Crippen LogP contribution in [-0.4, -0.2) is 42.2 Å². The van der Waals surface area contributed by atoms with Gasteiger partial charge in [0, 0.05) is 6.54 Å². The lowest BCUT2D eigenvalue weighted by Crippen LogP contribution is -2.38. The fraction of sp³-hybridized carbons (Fsp3) is 0.643. The molecule has 1 aromatic rings. The van der Waals surface area contributed by atoms with Crippen LogP contribution in [0.5, 0.6) is 0 Å². The predicted molar refractivity (Wildman–Crippen MR) is 72.2 cm³/mol. The third kappa shape index (κ3) is 4.08. The lowest BCUT2D eigenvalue weighted by molar-refractivity contribution is 0.0658. The summed E-state index contributed by atoms with van der Waals surface area (Å²) in [6.07, 6.45) is 2.51. The van der Waals surface area contributed by atoms with Gasteiger partial charge in [0.15, 0.2) is 0 Å².